The van der Waals surface area contributed by atoms with E-state index in [0.29, 0.717) is 0 Å². The first kappa shape index (κ1) is 17.4. The molecule has 0 spiro atoms. The highest BCUT2D eigenvalue weighted by Crippen LogP contribution is 2.10. The maximum atomic E-state index is 11.0. The zero-order chi connectivity index (χ0) is 13.5. The molecule has 0 aromatic heterocycles. The van der Waals surface area contributed by atoms with Gasteiger partial charge in [-0.2, -0.15) is 0 Å². The third kappa shape index (κ3) is 13.5. The maximum absolute atomic E-state index is 11.0. The number of hydrogen-bond donors (Lipinski definition) is 2. The summed E-state index contributed by atoms with van der Waals surface area (Å²) >= 11 is 0. The van der Waals surface area contributed by atoms with Crippen LogP contribution in [0.2, 0.25) is 0 Å². The normalized spacial score (nSPS) is 10.6. The van der Waals surface area contributed by atoms with E-state index in [2.05, 4.69) is 12.2 Å². The molecule has 3 nitrogen and oxygen atoms in total. The summed E-state index contributed by atoms with van der Waals surface area (Å²) in [5.74, 6) is -0.0339. The van der Waals surface area contributed by atoms with Crippen LogP contribution in [0.1, 0.15) is 77.6 Å². The number of rotatable bonds is 13. The van der Waals surface area contributed by atoms with Crippen molar-refractivity contribution in [2.24, 2.45) is 0 Å². The molecule has 0 bridgehead atoms. The van der Waals surface area contributed by atoms with Crippen molar-refractivity contribution < 1.29 is 9.90 Å². The first-order chi connectivity index (χ1) is 8.81. The predicted octanol–water partition coefficient (Wildman–Crippen LogP) is 3.41. The Bertz CT molecular complexity index is 183. The van der Waals surface area contributed by atoms with Crippen molar-refractivity contribution in [1.82, 2.24) is 5.32 Å². The molecule has 0 radical (unpaired) electrons. The van der Waals surface area contributed by atoms with Gasteiger partial charge in [0.15, 0.2) is 0 Å². The van der Waals surface area contributed by atoms with Crippen LogP contribution in [-0.4, -0.2) is 24.2 Å². The largest absolute Gasteiger partial charge is 0.396 e. The minimum atomic E-state index is -0.0517. The Kier molecular flexibility index (Phi) is 14.0. The molecule has 0 atom stereocenters. The molecule has 0 unspecified atom stereocenters. The highest BCUT2D eigenvalue weighted by molar-refractivity contribution is 5.75. The molecule has 1 amide bonds. The van der Waals surface area contributed by atoms with Crippen molar-refractivity contribution in [2.45, 2.75) is 77.6 Å². The molecule has 0 aromatic rings. The van der Waals surface area contributed by atoms with Crippen LogP contribution in [0.5, 0.6) is 0 Å². The monoisotopic (exact) mass is 257 g/mol. The number of nitrogens with one attached hydrogen (secondary N) is 1. The minimum absolute atomic E-state index is 0.0339. The van der Waals surface area contributed by atoms with Crippen molar-refractivity contribution in [3.05, 3.63) is 0 Å². The molecule has 18 heavy (non-hydrogen) atoms. The molecule has 0 saturated heterocycles. The second kappa shape index (κ2) is 14.5. The van der Waals surface area contributed by atoms with Gasteiger partial charge in [-0.15, -0.1) is 0 Å². The van der Waals surface area contributed by atoms with Crippen LogP contribution in [0, 0.1) is 0 Å². The van der Waals surface area contributed by atoms with Gasteiger partial charge in [-0.25, -0.2) is 0 Å². The lowest BCUT2D eigenvalue weighted by atomic mass is 10.1. The molecule has 0 aliphatic rings. The topological polar surface area (TPSA) is 49.3 Å². The summed E-state index contributed by atoms with van der Waals surface area (Å²) in [4.78, 5) is 11.0. The van der Waals surface area contributed by atoms with Gasteiger partial charge in [0.25, 0.3) is 0 Å². The number of carbonyl (C=O) groups is 1. The van der Waals surface area contributed by atoms with Crippen LogP contribution < -0.4 is 5.32 Å². The number of aliphatic hydroxyl groups is 1. The van der Waals surface area contributed by atoms with Crippen molar-refractivity contribution >= 4 is 5.91 Å². The lowest BCUT2D eigenvalue weighted by Crippen LogP contribution is -2.24. The zero-order valence-electron chi connectivity index (χ0n) is 12.0. The van der Waals surface area contributed by atoms with Crippen molar-refractivity contribution in [1.29, 1.82) is 0 Å². The Hall–Kier alpha value is -0.570. The lowest BCUT2D eigenvalue weighted by molar-refractivity contribution is -0.121. The van der Waals surface area contributed by atoms with Gasteiger partial charge in [0.2, 0.25) is 5.91 Å². The molecular weight excluding hydrogens is 226 g/mol. The Morgan fingerprint density at radius 1 is 0.889 bits per heavy atom. The van der Waals surface area contributed by atoms with E-state index in [1.807, 2.05) is 0 Å². The number of aliphatic hydroxyl groups excluding tert-OH is 1. The lowest BCUT2D eigenvalue weighted by Gasteiger charge is -2.04. The van der Waals surface area contributed by atoms with Crippen molar-refractivity contribution in [3.63, 3.8) is 0 Å². The molecule has 0 heterocycles. The molecule has 0 aliphatic carbocycles. The first-order valence-corrected chi connectivity index (χ1v) is 7.68. The highest BCUT2D eigenvalue weighted by Gasteiger charge is 1.98. The summed E-state index contributed by atoms with van der Waals surface area (Å²) in [6.45, 7) is 2.96. The van der Waals surface area contributed by atoms with E-state index in [1.165, 1.54) is 57.8 Å². The minimum Gasteiger partial charge on any atom is -0.396 e. The molecule has 3 heteroatoms. The summed E-state index contributed by atoms with van der Waals surface area (Å²) in [6, 6.07) is 0. The Morgan fingerprint density at radius 3 is 1.89 bits per heavy atom. The first-order valence-electron chi connectivity index (χ1n) is 7.68. The van der Waals surface area contributed by atoms with Crippen LogP contribution >= 0.6 is 0 Å². The summed E-state index contributed by atoms with van der Waals surface area (Å²) in [5, 5.41) is 11.4. The van der Waals surface area contributed by atoms with Gasteiger partial charge >= 0.3 is 0 Å². The average Bonchev–Trinajstić information content (AvgIpc) is 2.36. The summed E-state index contributed by atoms with van der Waals surface area (Å²) in [6.07, 6.45) is 13.3. The number of hydrogen-bond acceptors (Lipinski definition) is 2. The van der Waals surface area contributed by atoms with E-state index in [9.17, 15) is 4.79 Å². The van der Waals surface area contributed by atoms with Gasteiger partial charge in [-0.1, -0.05) is 64.7 Å². The molecular formula is C15H31NO2. The van der Waals surface area contributed by atoms with E-state index in [1.54, 1.807) is 0 Å². The van der Waals surface area contributed by atoms with E-state index < -0.39 is 0 Å². The molecule has 0 saturated carbocycles. The molecule has 0 aromatic carbocycles. The highest BCUT2D eigenvalue weighted by atomic mass is 16.3. The van der Waals surface area contributed by atoms with Crippen LogP contribution in [0.3, 0.4) is 0 Å². The van der Waals surface area contributed by atoms with Crippen molar-refractivity contribution in [2.75, 3.05) is 13.2 Å². The van der Waals surface area contributed by atoms with Crippen LogP contribution in [0.15, 0.2) is 0 Å². The standard InChI is InChI=1S/C15H31NO2/c1-2-3-4-5-6-7-8-9-10-11-13-16-15(18)12-14-17/h17H,2-14H2,1H3,(H,16,18). The van der Waals surface area contributed by atoms with E-state index in [4.69, 9.17) is 5.11 Å². The van der Waals surface area contributed by atoms with Crippen LogP contribution in [0.4, 0.5) is 0 Å². The zero-order valence-corrected chi connectivity index (χ0v) is 12.0. The third-order valence-corrected chi connectivity index (χ3v) is 3.19. The molecule has 2 N–H and O–H groups in total. The Labute approximate surface area is 112 Å². The van der Waals surface area contributed by atoms with Crippen LogP contribution in [-0.2, 0) is 4.79 Å². The summed E-state index contributed by atoms with van der Waals surface area (Å²) < 4.78 is 0. The predicted molar refractivity (Wildman–Crippen MR) is 76.6 cm³/mol. The molecule has 0 rings (SSSR count). The SMILES string of the molecule is CCCCCCCCCCCCNC(=O)CCO. The number of unbranched alkanes of at least 4 members (excludes halogenated alkanes) is 9. The van der Waals surface area contributed by atoms with E-state index in [0.717, 1.165) is 13.0 Å². The van der Waals surface area contributed by atoms with Gasteiger partial charge in [0.1, 0.15) is 0 Å². The van der Waals surface area contributed by atoms with E-state index >= 15 is 0 Å². The van der Waals surface area contributed by atoms with Gasteiger partial charge in [-0.05, 0) is 6.42 Å². The van der Waals surface area contributed by atoms with Gasteiger partial charge in [-0.3, -0.25) is 4.79 Å². The Balaban J connectivity index is 3.01. The quantitative estimate of drug-likeness (QED) is 0.497. The number of amides is 1. The van der Waals surface area contributed by atoms with Gasteiger partial charge in [0.05, 0.1) is 6.61 Å². The van der Waals surface area contributed by atoms with E-state index in [-0.39, 0.29) is 18.9 Å². The average molecular weight is 257 g/mol. The Morgan fingerprint density at radius 2 is 1.39 bits per heavy atom. The fraction of sp³-hybridized carbons (Fsp3) is 0.933. The summed E-state index contributed by atoms with van der Waals surface area (Å²) in [5.41, 5.74) is 0. The number of carbonyl (C=O) groups excluding carboxylic acids is 1. The smallest absolute Gasteiger partial charge is 0.222 e. The molecule has 108 valence electrons. The second-order valence-corrected chi connectivity index (χ2v) is 5.01. The van der Waals surface area contributed by atoms with Gasteiger partial charge in [0, 0.05) is 13.0 Å². The van der Waals surface area contributed by atoms with Crippen LogP contribution in [0.25, 0.3) is 0 Å². The van der Waals surface area contributed by atoms with Gasteiger partial charge < -0.3 is 10.4 Å². The maximum Gasteiger partial charge on any atom is 0.222 e. The third-order valence-electron chi connectivity index (χ3n) is 3.19. The molecule has 0 aliphatic heterocycles. The second-order valence-electron chi connectivity index (χ2n) is 5.01. The fourth-order valence-corrected chi connectivity index (χ4v) is 2.03. The molecule has 0 fully saturated rings. The fourth-order valence-electron chi connectivity index (χ4n) is 2.03. The summed E-state index contributed by atoms with van der Waals surface area (Å²) in [7, 11) is 0. The van der Waals surface area contributed by atoms with Crippen molar-refractivity contribution in [3.8, 4) is 0 Å².